The Bertz CT molecular complexity index is 970. The number of rotatable bonds is 7. The average molecular weight is 424 g/mol. The summed E-state index contributed by atoms with van der Waals surface area (Å²) in [4.78, 5) is 12.7. The van der Waals surface area contributed by atoms with Crippen molar-refractivity contribution in [3.63, 3.8) is 0 Å². The van der Waals surface area contributed by atoms with Crippen molar-refractivity contribution in [1.82, 2.24) is 19.7 Å². The molecule has 0 N–H and O–H groups in total. The van der Waals surface area contributed by atoms with Gasteiger partial charge in [0.25, 0.3) is 0 Å². The molecule has 0 saturated heterocycles. The lowest BCUT2D eigenvalue weighted by Gasteiger charge is -2.18. The lowest BCUT2D eigenvalue weighted by Crippen LogP contribution is -2.36. The molecule has 0 spiro atoms. The maximum absolute atomic E-state index is 12.5. The minimum Gasteiger partial charge on any atom is -0.467 e. The topological polar surface area (TPSA) is 64.2 Å². The number of amides is 1. The molecule has 154 valence electrons. The molecule has 0 unspecified atom stereocenters. The number of nitrogens with zero attached hydrogens (tertiary/aromatic N) is 4. The molecule has 10 heteroatoms. The minimum atomic E-state index is -4.44. The van der Waals surface area contributed by atoms with Crippen LogP contribution in [0.15, 0.2) is 52.2 Å². The fraction of sp³-hybridized carbons (Fsp3) is 0.316. The van der Waals surface area contributed by atoms with E-state index < -0.39 is 18.6 Å². The number of thioether (sulfide) groups is 1. The highest BCUT2D eigenvalue weighted by molar-refractivity contribution is 7.99. The standard InChI is InChI=1S/C19H19F3N4O2S/c1-13-5-3-6-14(9-13)17-23-24-18(26(17)10-15-7-4-8-28-15)29-11-16(27)25(2)12-19(20,21)22/h3-9H,10-12H2,1-2H3. The number of carbonyl (C=O) groups is 1. The second-order valence-corrected chi connectivity index (χ2v) is 7.44. The number of furan rings is 1. The molecular formula is C19H19F3N4O2S. The molecule has 2 aromatic heterocycles. The van der Waals surface area contributed by atoms with Gasteiger partial charge in [-0.25, -0.2) is 0 Å². The molecule has 0 saturated carbocycles. The van der Waals surface area contributed by atoms with E-state index in [0.717, 1.165) is 29.9 Å². The highest BCUT2D eigenvalue weighted by Gasteiger charge is 2.31. The second kappa shape index (κ2) is 8.73. The summed E-state index contributed by atoms with van der Waals surface area (Å²) in [6.07, 6.45) is -2.89. The number of aromatic nitrogens is 3. The molecule has 0 radical (unpaired) electrons. The lowest BCUT2D eigenvalue weighted by atomic mass is 10.1. The van der Waals surface area contributed by atoms with Gasteiger partial charge >= 0.3 is 6.18 Å². The van der Waals surface area contributed by atoms with Crippen LogP contribution in [0.25, 0.3) is 11.4 Å². The summed E-state index contributed by atoms with van der Waals surface area (Å²) in [5, 5.41) is 8.81. The van der Waals surface area contributed by atoms with E-state index in [1.165, 1.54) is 0 Å². The summed E-state index contributed by atoms with van der Waals surface area (Å²) in [7, 11) is 1.13. The van der Waals surface area contributed by atoms with E-state index in [1.54, 1.807) is 23.0 Å². The van der Waals surface area contributed by atoms with Crippen molar-refractivity contribution in [1.29, 1.82) is 0 Å². The number of carbonyl (C=O) groups excluding carboxylic acids is 1. The van der Waals surface area contributed by atoms with Gasteiger partial charge in [-0.05, 0) is 25.1 Å². The highest BCUT2D eigenvalue weighted by atomic mass is 32.2. The zero-order valence-electron chi connectivity index (χ0n) is 15.8. The van der Waals surface area contributed by atoms with Crippen LogP contribution in [-0.4, -0.2) is 51.1 Å². The van der Waals surface area contributed by atoms with Crippen molar-refractivity contribution in [2.45, 2.75) is 24.8 Å². The molecule has 3 aromatic rings. The third-order valence-electron chi connectivity index (χ3n) is 4.05. The molecule has 0 atom stereocenters. The van der Waals surface area contributed by atoms with Crippen LogP contribution >= 0.6 is 11.8 Å². The molecule has 0 fully saturated rings. The number of hydrogen-bond acceptors (Lipinski definition) is 5. The summed E-state index contributed by atoms with van der Waals surface area (Å²) < 4.78 is 44.7. The van der Waals surface area contributed by atoms with Crippen molar-refractivity contribution >= 4 is 17.7 Å². The Morgan fingerprint density at radius 1 is 1.24 bits per heavy atom. The molecule has 2 heterocycles. The molecule has 0 aliphatic carbocycles. The SMILES string of the molecule is Cc1cccc(-c2nnc(SCC(=O)N(C)CC(F)(F)F)n2Cc2ccco2)c1. The Morgan fingerprint density at radius 2 is 2.03 bits per heavy atom. The van der Waals surface area contributed by atoms with Gasteiger partial charge in [0.2, 0.25) is 5.91 Å². The molecular weight excluding hydrogens is 405 g/mol. The quantitative estimate of drug-likeness (QED) is 0.537. The first-order chi connectivity index (χ1) is 13.7. The van der Waals surface area contributed by atoms with Gasteiger partial charge in [-0.2, -0.15) is 13.2 Å². The molecule has 6 nitrogen and oxygen atoms in total. The van der Waals surface area contributed by atoms with Gasteiger partial charge in [0, 0.05) is 12.6 Å². The van der Waals surface area contributed by atoms with Crippen LogP contribution in [0.4, 0.5) is 13.2 Å². The van der Waals surface area contributed by atoms with Crippen LogP contribution in [-0.2, 0) is 11.3 Å². The number of alkyl halides is 3. The summed E-state index contributed by atoms with van der Waals surface area (Å²) in [6, 6.07) is 11.3. The van der Waals surface area contributed by atoms with E-state index in [4.69, 9.17) is 4.42 Å². The van der Waals surface area contributed by atoms with E-state index in [2.05, 4.69) is 10.2 Å². The van der Waals surface area contributed by atoms with Crippen molar-refractivity contribution in [2.75, 3.05) is 19.3 Å². The molecule has 0 aliphatic heterocycles. The minimum absolute atomic E-state index is 0.184. The van der Waals surface area contributed by atoms with E-state index in [9.17, 15) is 18.0 Å². The van der Waals surface area contributed by atoms with Gasteiger partial charge in [-0.15, -0.1) is 10.2 Å². The van der Waals surface area contributed by atoms with Crippen molar-refractivity contribution in [3.8, 4) is 11.4 Å². The zero-order valence-corrected chi connectivity index (χ0v) is 16.6. The maximum Gasteiger partial charge on any atom is 0.406 e. The van der Waals surface area contributed by atoms with Gasteiger partial charge in [0.1, 0.15) is 12.3 Å². The zero-order chi connectivity index (χ0) is 21.0. The van der Waals surface area contributed by atoms with Gasteiger partial charge in [-0.3, -0.25) is 9.36 Å². The maximum atomic E-state index is 12.5. The van der Waals surface area contributed by atoms with Crippen molar-refractivity contribution in [3.05, 3.63) is 54.0 Å². The Morgan fingerprint density at radius 3 is 2.69 bits per heavy atom. The van der Waals surface area contributed by atoms with Crippen LogP contribution in [0, 0.1) is 6.92 Å². The first-order valence-electron chi connectivity index (χ1n) is 8.69. The number of benzene rings is 1. The highest BCUT2D eigenvalue weighted by Crippen LogP contribution is 2.26. The van der Waals surface area contributed by atoms with Crippen LogP contribution in [0.2, 0.25) is 0 Å². The van der Waals surface area contributed by atoms with E-state index in [0.29, 0.717) is 28.2 Å². The fourth-order valence-corrected chi connectivity index (χ4v) is 3.57. The Kier molecular flexibility index (Phi) is 6.31. The second-order valence-electron chi connectivity index (χ2n) is 6.49. The summed E-state index contributed by atoms with van der Waals surface area (Å²) in [5.74, 6) is 0.429. The molecule has 0 aliphatic rings. The van der Waals surface area contributed by atoms with E-state index in [1.807, 2.05) is 31.2 Å². The van der Waals surface area contributed by atoms with Crippen molar-refractivity contribution < 1.29 is 22.4 Å². The van der Waals surface area contributed by atoms with Crippen LogP contribution in [0.3, 0.4) is 0 Å². The molecule has 0 bridgehead atoms. The number of aryl methyl sites for hydroxylation is 1. The van der Waals surface area contributed by atoms with Crippen LogP contribution < -0.4 is 0 Å². The molecule has 3 rings (SSSR count). The van der Waals surface area contributed by atoms with Crippen LogP contribution in [0.5, 0.6) is 0 Å². The van der Waals surface area contributed by atoms with Gasteiger partial charge in [0.05, 0.1) is 18.6 Å². The first-order valence-corrected chi connectivity index (χ1v) is 9.67. The van der Waals surface area contributed by atoms with Gasteiger partial charge in [0.15, 0.2) is 11.0 Å². The van der Waals surface area contributed by atoms with Crippen LogP contribution in [0.1, 0.15) is 11.3 Å². The van der Waals surface area contributed by atoms with Gasteiger partial charge < -0.3 is 9.32 Å². The van der Waals surface area contributed by atoms with E-state index in [-0.39, 0.29) is 5.75 Å². The monoisotopic (exact) mass is 424 g/mol. The Balaban J connectivity index is 1.82. The normalized spacial score (nSPS) is 11.6. The first kappa shape index (κ1) is 21.0. The summed E-state index contributed by atoms with van der Waals surface area (Å²) in [6.45, 7) is 1.000. The third kappa shape index (κ3) is 5.63. The fourth-order valence-electron chi connectivity index (χ4n) is 2.69. The Hall–Kier alpha value is -2.75. The van der Waals surface area contributed by atoms with E-state index >= 15 is 0 Å². The molecule has 1 amide bonds. The predicted molar refractivity (Wildman–Crippen MR) is 102 cm³/mol. The smallest absolute Gasteiger partial charge is 0.406 e. The summed E-state index contributed by atoms with van der Waals surface area (Å²) in [5.41, 5.74) is 1.89. The lowest BCUT2D eigenvalue weighted by molar-refractivity contribution is -0.156. The predicted octanol–water partition coefficient (Wildman–Crippen LogP) is 4.01. The largest absolute Gasteiger partial charge is 0.467 e. The number of hydrogen-bond donors (Lipinski definition) is 0. The van der Waals surface area contributed by atoms with Gasteiger partial charge in [-0.1, -0.05) is 35.5 Å². The summed E-state index contributed by atoms with van der Waals surface area (Å²) >= 11 is 1.04. The average Bonchev–Trinajstić information content (AvgIpc) is 3.28. The third-order valence-corrected chi connectivity index (χ3v) is 5.01. The Labute approximate surface area is 169 Å². The molecule has 29 heavy (non-hydrogen) atoms. The molecule has 1 aromatic carbocycles. The van der Waals surface area contributed by atoms with Crippen molar-refractivity contribution in [2.24, 2.45) is 0 Å². The number of halogens is 3.